The number of rotatable bonds is 4. The maximum Gasteiger partial charge on any atom is 0.270 e. The molecule has 1 aliphatic heterocycles. The molecule has 2 heterocycles. The van der Waals surface area contributed by atoms with Crippen LogP contribution in [0, 0.1) is 11.6 Å². The third kappa shape index (κ3) is 4.19. The standard InChI is InChI=1S/C25H15ClF2N2OS2/c26-21-12-18(28)9-8-15(21)13-29-14-16(20-6-1-2-7-22(20)29)10-23-24(31)30(25(32)33-23)19-5-3-4-17(27)11-19/h1-12,14H,13H2/b23-10+. The molecule has 0 radical (unpaired) electrons. The number of hydrogen-bond acceptors (Lipinski definition) is 3. The van der Waals surface area contributed by atoms with Gasteiger partial charge in [0.15, 0.2) is 4.32 Å². The molecular formula is C25H15ClF2N2OS2. The molecule has 0 saturated carbocycles. The first-order valence-electron chi connectivity index (χ1n) is 9.96. The second kappa shape index (κ2) is 8.74. The summed E-state index contributed by atoms with van der Waals surface area (Å²) in [4.78, 5) is 14.9. The second-order valence-corrected chi connectivity index (χ2v) is 9.55. The number of thioether (sulfide) groups is 1. The zero-order chi connectivity index (χ0) is 23.1. The minimum absolute atomic E-state index is 0.297. The first kappa shape index (κ1) is 21.8. The van der Waals surface area contributed by atoms with Gasteiger partial charge in [-0.05, 0) is 48.0 Å². The number of fused-ring (bicyclic) bond motifs is 1. The number of carbonyl (C=O) groups is 1. The highest BCUT2D eigenvalue weighted by Crippen LogP contribution is 2.37. The zero-order valence-electron chi connectivity index (χ0n) is 17.0. The smallest absolute Gasteiger partial charge is 0.270 e. The molecule has 0 spiro atoms. The maximum absolute atomic E-state index is 13.7. The van der Waals surface area contributed by atoms with Crippen LogP contribution in [0.1, 0.15) is 11.1 Å². The van der Waals surface area contributed by atoms with Gasteiger partial charge in [0.1, 0.15) is 11.6 Å². The number of carbonyl (C=O) groups excluding carboxylic acids is 1. The Morgan fingerprint density at radius 2 is 1.79 bits per heavy atom. The minimum Gasteiger partial charge on any atom is -0.342 e. The van der Waals surface area contributed by atoms with Crippen molar-refractivity contribution in [3.8, 4) is 0 Å². The van der Waals surface area contributed by atoms with Crippen molar-refractivity contribution in [2.45, 2.75) is 6.54 Å². The number of benzene rings is 3. The zero-order valence-corrected chi connectivity index (χ0v) is 19.4. The summed E-state index contributed by atoms with van der Waals surface area (Å²) < 4.78 is 29.5. The molecule has 8 heteroatoms. The number of thiocarbonyl (C=S) groups is 1. The molecule has 33 heavy (non-hydrogen) atoms. The molecule has 0 unspecified atom stereocenters. The lowest BCUT2D eigenvalue weighted by atomic mass is 10.1. The largest absolute Gasteiger partial charge is 0.342 e. The summed E-state index contributed by atoms with van der Waals surface area (Å²) in [5.74, 6) is -1.12. The highest BCUT2D eigenvalue weighted by Gasteiger charge is 2.33. The van der Waals surface area contributed by atoms with Gasteiger partial charge < -0.3 is 4.57 Å². The van der Waals surface area contributed by atoms with Crippen LogP contribution in [0.5, 0.6) is 0 Å². The number of nitrogens with zero attached hydrogens (tertiary/aromatic N) is 2. The van der Waals surface area contributed by atoms with Gasteiger partial charge in [0.25, 0.3) is 5.91 Å². The molecule has 1 aromatic heterocycles. The Kier molecular flexibility index (Phi) is 5.78. The lowest BCUT2D eigenvalue weighted by Gasteiger charge is -2.14. The predicted octanol–water partition coefficient (Wildman–Crippen LogP) is 7.03. The van der Waals surface area contributed by atoms with E-state index in [0.29, 0.717) is 26.5 Å². The SMILES string of the molecule is O=C1/C(=C\c2cn(Cc3ccc(F)cc3Cl)c3ccccc23)SC(=S)N1c1cccc(F)c1. The highest BCUT2D eigenvalue weighted by atomic mass is 35.5. The Morgan fingerprint density at radius 1 is 1.00 bits per heavy atom. The van der Waals surface area contributed by atoms with Crippen molar-refractivity contribution in [1.82, 2.24) is 4.57 Å². The molecule has 4 aromatic rings. The van der Waals surface area contributed by atoms with E-state index in [1.165, 1.54) is 40.9 Å². The Hall–Kier alpha value is -3.00. The molecule has 0 atom stereocenters. The van der Waals surface area contributed by atoms with Gasteiger partial charge >= 0.3 is 0 Å². The predicted molar refractivity (Wildman–Crippen MR) is 135 cm³/mol. The van der Waals surface area contributed by atoms with E-state index in [1.807, 2.05) is 35.0 Å². The van der Waals surface area contributed by atoms with Crippen LogP contribution >= 0.6 is 35.6 Å². The third-order valence-electron chi connectivity index (χ3n) is 5.32. The molecule has 5 rings (SSSR count). The van der Waals surface area contributed by atoms with Crippen LogP contribution in [0.2, 0.25) is 5.02 Å². The second-order valence-electron chi connectivity index (χ2n) is 7.46. The van der Waals surface area contributed by atoms with Crippen molar-refractivity contribution in [3.63, 3.8) is 0 Å². The summed E-state index contributed by atoms with van der Waals surface area (Å²) in [6.07, 6.45) is 3.72. The van der Waals surface area contributed by atoms with E-state index in [-0.39, 0.29) is 11.7 Å². The number of aromatic nitrogens is 1. The number of para-hydroxylation sites is 1. The fraction of sp³-hybridized carbons (Fsp3) is 0.0400. The Bertz CT molecular complexity index is 1460. The molecule has 0 bridgehead atoms. The van der Waals surface area contributed by atoms with Gasteiger partial charge in [0, 0.05) is 34.2 Å². The number of anilines is 1. The van der Waals surface area contributed by atoms with Gasteiger partial charge in [0.05, 0.1) is 10.6 Å². The molecule has 0 aliphatic carbocycles. The lowest BCUT2D eigenvalue weighted by molar-refractivity contribution is -0.113. The van der Waals surface area contributed by atoms with Gasteiger partial charge in [-0.25, -0.2) is 8.78 Å². The summed E-state index contributed by atoms with van der Waals surface area (Å²) in [6.45, 7) is 0.442. The summed E-state index contributed by atoms with van der Waals surface area (Å²) in [6, 6.07) is 17.9. The molecule has 1 aliphatic rings. The van der Waals surface area contributed by atoms with Gasteiger partial charge in [-0.3, -0.25) is 9.69 Å². The molecule has 1 amide bonds. The Labute approximate surface area is 203 Å². The van der Waals surface area contributed by atoms with E-state index >= 15 is 0 Å². The number of amides is 1. The minimum atomic E-state index is -0.437. The first-order valence-corrected chi connectivity index (χ1v) is 11.6. The maximum atomic E-state index is 13.7. The third-order valence-corrected chi connectivity index (χ3v) is 6.98. The van der Waals surface area contributed by atoms with Gasteiger partial charge in [0.2, 0.25) is 0 Å². The summed E-state index contributed by atoms with van der Waals surface area (Å²) in [5.41, 5.74) is 2.96. The van der Waals surface area contributed by atoms with Crippen molar-refractivity contribution in [2.75, 3.05) is 4.90 Å². The Balaban J connectivity index is 1.53. The molecule has 164 valence electrons. The van der Waals surface area contributed by atoms with Crippen molar-refractivity contribution in [2.24, 2.45) is 0 Å². The van der Waals surface area contributed by atoms with Crippen LogP contribution in [0.25, 0.3) is 17.0 Å². The van der Waals surface area contributed by atoms with E-state index in [1.54, 1.807) is 24.3 Å². The van der Waals surface area contributed by atoms with E-state index in [9.17, 15) is 13.6 Å². The quantitative estimate of drug-likeness (QED) is 0.224. The number of halogens is 3. The molecule has 3 nitrogen and oxygen atoms in total. The van der Waals surface area contributed by atoms with E-state index in [0.717, 1.165) is 22.0 Å². The average Bonchev–Trinajstić information content (AvgIpc) is 3.27. The van der Waals surface area contributed by atoms with Gasteiger partial charge in [-0.2, -0.15) is 0 Å². The summed E-state index contributed by atoms with van der Waals surface area (Å²) in [7, 11) is 0. The van der Waals surface area contributed by atoms with Crippen LogP contribution in [0.15, 0.2) is 77.8 Å². The molecule has 1 fully saturated rings. The van der Waals surface area contributed by atoms with Gasteiger partial charge in [-0.1, -0.05) is 65.9 Å². The van der Waals surface area contributed by atoms with Crippen LogP contribution < -0.4 is 4.90 Å². The van der Waals surface area contributed by atoms with Crippen LogP contribution in [-0.2, 0) is 11.3 Å². The van der Waals surface area contributed by atoms with Crippen molar-refractivity contribution in [3.05, 3.63) is 106 Å². The van der Waals surface area contributed by atoms with Crippen LogP contribution in [0.3, 0.4) is 0 Å². The topological polar surface area (TPSA) is 25.2 Å². The molecule has 3 aromatic carbocycles. The monoisotopic (exact) mass is 496 g/mol. The fourth-order valence-electron chi connectivity index (χ4n) is 3.80. The summed E-state index contributed by atoms with van der Waals surface area (Å²) >= 11 is 12.8. The van der Waals surface area contributed by atoms with Crippen molar-refractivity contribution < 1.29 is 13.6 Å². The van der Waals surface area contributed by atoms with E-state index in [2.05, 4.69) is 0 Å². The lowest BCUT2D eigenvalue weighted by Crippen LogP contribution is -2.27. The molecule has 0 N–H and O–H groups in total. The van der Waals surface area contributed by atoms with Crippen LogP contribution in [-0.4, -0.2) is 14.8 Å². The molecule has 1 saturated heterocycles. The van der Waals surface area contributed by atoms with Crippen molar-refractivity contribution >= 4 is 68.5 Å². The average molecular weight is 497 g/mol. The Morgan fingerprint density at radius 3 is 2.58 bits per heavy atom. The fourth-order valence-corrected chi connectivity index (χ4v) is 5.32. The molecular weight excluding hydrogens is 482 g/mol. The van der Waals surface area contributed by atoms with Gasteiger partial charge in [-0.15, -0.1) is 0 Å². The first-order chi connectivity index (χ1) is 15.9. The highest BCUT2D eigenvalue weighted by molar-refractivity contribution is 8.27. The van der Waals surface area contributed by atoms with E-state index in [4.69, 9.17) is 23.8 Å². The van der Waals surface area contributed by atoms with Crippen LogP contribution in [0.4, 0.5) is 14.5 Å². The van der Waals surface area contributed by atoms with Crippen molar-refractivity contribution in [1.29, 1.82) is 0 Å². The summed E-state index contributed by atoms with van der Waals surface area (Å²) in [5, 5.41) is 1.30. The normalized spacial score (nSPS) is 15.2. The van der Waals surface area contributed by atoms with E-state index < -0.39 is 5.82 Å². The number of hydrogen-bond donors (Lipinski definition) is 0.